The van der Waals surface area contributed by atoms with Crippen LogP contribution in [0, 0.1) is 5.41 Å². The summed E-state index contributed by atoms with van der Waals surface area (Å²) in [4.78, 5) is 7.27. The minimum atomic E-state index is 0.277. The van der Waals surface area contributed by atoms with Crippen molar-refractivity contribution in [1.29, 1.82) is 5.41 Å². The predicted octanol–water partition coefficient (Wildman–Crippen LogP) is 2.77. The molecule has 3 saturated heterocycles. The molecule has 4 N–H and O–H groups in total. The number of piperidine rings is 1. The predicted molar refractivity (Wildman–Crippen MR) is 114 cm³/mol. The molecular formula is C21H29N7O. The monoisotopic (exact) mass is 395 g/mol. The molecule has 154 valence electrons. The fourth-order valence-corrected chi connectivity index (χ4v) is 5.12. The normalized spacial score (nSPS) is 29.1. The number of hydrogen-bond donors (Lipinski definition) is 4. The molecule has 0 aliphatic carbocycles. The van der Waals surface area contributed by atoms with Crippen LogP contribution in [0.25, 0.3) is 0 Å². The molecule has 2 aromatic heterocycles. The van der Waals surface area contributed by atoms with Gasteiger partial charge in [0.2, 0.25) is 0 Å². The van der Waals surface area contributed by atoms with Crippen LogP contribution in [-0.2, 0) is 4.74 Å². The summed E-state index contributed by atoms with van der Waals surface area (Å²) >= 11 is 0. The number of H-pyrrole nitrogens is 1. The van der Waals surface area contributed by atoms with Crippen molar-refractivity contribution in [2.45, 2.75) is 56.7 Å². The molecule has 0 saturated carbocycles. The zero-order valence-corrected chi connectivity index (χ0v) is 16.8. The highest BCUT2D eigenvalue weighted by Crippen LogP contribution is 2.41. The van der Waals surface area contributed by atoms with E-state index < -0.39 is 0 Å². The smallest absolute Gasteiger partial charge is 0.143 e. The number of rotatable bonds is 5. The van der Waals surface area contributed by atoms with Crippen molar-refractivity contribution < 1.29 is 4.74 Å². The summed E-state index contributed by atoms with van der Waals surface area (Å²) in [5, 5.41) is 22.2. The molecule has 0 radical (unpaired) electrons. The number of nitrogens with zero attached hydrogens (tertiary/aromatic N) is 3. The van der Waals surface area contributed by atoms with E-state index >= 15 is 0 Å². The number of hydrogen-bond acceptors (Lipinski definition) is 7. The number of anilines is 3. The Morgan fingerprint density at radius 3 is 2.83 bits per heavy atom. The van der Waals surface area contributed by atoms with Gasteiger partial charge in [0.05, 0.1) is 25.5 Å². The molecule has 8 heteroatoms. The van der Waals surface area contributed by atoms with Crippen molar-refractivity contribution in [1.82, 2.24) is 20.5 Å². The van der Waals surface area contributed by atoms with Crippen LogP contribution in [0.15, 0.2) is 18.3 Å². The van der Waals surface area contributed by atoms with Crippen molar-refractivity contribution in [2.24, 2.45) is 0 Å². The van der Waals surface area contributed by atoms with Crippen LogP contribution in [0.4, 0.5) is 17.5 Å². The zero-order valence-electron chi connectivity index (χ0n) is 16.8. The van der Waals surface area contributed by atoms with Crippen molar-refractivity contribution in [2.75, 3.05) is 30.0 Å². The first-order valence-corrected chi connectivity index (χ1v) is 10.6. The number of aromatic nitrogens is 3. The molecule has 3 fully saturated rings. The van der Waals surface area contributed by atoms with Gasteiger partial charge in [-0.25, -0.2) is 4.98 Å². The summed E-state index contributed by atoms with van der Waals surface area (Å²) in [6.07, 6.45) is 7.95. The molecule has 2 aromatic rings. The van der Waals surface area contributed by atoms with Crippen LogP contribution in [-0.4, -0.2) is 59.3 Å². The summed E-state index contributed by atoms with van der Waals surface area (Å²) in [7, 11) is 0. The third-order valence-corrected chi connectivity index (χ3v) is 6.55. The molecule has 0 amide bonds. The molecule has 4 atom stereocenters. The average Bonchev–Trinajstić information content (AvgIpc) is 3.36. The molecule has 3 unspecified atom stereocenters. The van der Waals surface area contributed by atoms with Crippen molar-refractivity contribution in [3.63, 3.8) is 0 Å². The maximum atomic E-state index is 8.16. The minimum Gasteiger partial charge on any atom is -0.377 e. The van der Waals surface area contributed by atoms with Crippen LogP contribution in [0.3, 0.4) is 0 Å². The van der Waals surface area contributed by atoms with E-state index in [0.717, 1.165) is 42.4 Å². The summed E-state index contributed by atoms with van der Waals surface area (Å²) < 4.78 is 5.63. The Balaban J connectivity index is 1.57. The van der Waals surface area contributed by atoms with Gasteiger partial charge >= 0.3 is 0 Å². The molecule has 0 spiro atoms. The molecule has 5 rings (SSSR count). The van der Waals surface area contributed by atoms with Gasteiger partial charge in [0.25, 0.3) is 0 Å². The topological polar surface area (TPSA) is 102 Å². The standard InChI is InChI=1S/C21H29N7O/c1-13-12-29-7-6-28(13)20-10-17(14-8-15-2-3-16(9-14)24-15)18(11-22)21(26-20)25-19-4-5-23-27-19/h4-5,10-11,13-16,22,24H,2-3,6-9,12H2,1H3,(H2,23,25,26,27)/t13?,14?,15-,16?/m0/s1. The highest BCUT2D eigenvalue weighted by Gasteiger charge is 2.36. The first kappa shape index (κ1) is 18.6. The van der Waals surface area contributed by atoms with Crippen LogP contribution in [0.2, 0.25) is 0 Å². The Labute approximate surface area is 170 Å². The van der Waals surface area contributed by atoms with Crippen LogP contribution in [0.1, 0.15) is 49.7 Å². The average molecular weight is 396 g/mol. The van der Waals surface area contributed by atoms with Gasteiger partial charge in [-0.2, -0.15) is 5.10 Å². The van der Waals surface area contributed by atoms with E-state index in [-0.39, 0.29) is 6.04 Å². The number of aromatic amines is 1. The molecular weight excluding hydrogens is 366 g/mol. The third-order valence-electron chi connectivity index (χ3n) is 6.55. The lowest BCUT2D eigenvalue weighted by molar-refractivity contribution is 0.0985. The van der Waals surface area contributed by atoms with E-state index in [9.17, 15) is 0 Å². The Morgan fingerprint density at radius 2 is 2.14 bits per heavy atom. The van der Waals surface area contributed by atoms with Gasteiger partial charge in [-0.1, -0.05) is 0 Å². The summed E-state index contributed by atoms with van der Waals surface area (Å²) in [5.41, 5.74) is 2.12. The first-order chi connectivity index (χ1) is 14.2. The van der Waals surface area contributed by atoms with Gasteiger partial charge < -0.3 is 25.7 Å². The Kier molecular flexibility index (Phi) is 4.97. The highest BCUT2D eigenvalue weighted by atomic mass is 16.5. The molecule has 2 bridgehead atoms. The van der Waals surface area contributed by atoms with Gasteiger partial charge in [-0.15, -0.1) is 0 Å². The van der Waals surface area contributed by atoms with Gasteiger partial charge in [0.1, 0.15) is 17.5 Å². The van der Waals surface area contributed by atoms with Gasteiger partial charge in [0, 0.05) is 36.5 Å². The lowest BCUT2D eigenvalue weighted by atomic mass is 9.84. The number of pyridine rings is 1. The van der Waals surface area contributed by atoms with E-state index in [1.807, 2.05) is 6.07 Å². The maximum absolute atomic E-state index is 8.16. The molecule has 0 aromatic carbocycles. The second kappa shape index (κ2) is 7.76. The summed E-state index contributed by atoms with van der Waals surface area (Å²) in [6.45, 7) is 4.44. The van der Waals surface area contributed by atoms with Crippen LogP contribution in [0.5, 0.6) is 0 Å². The molecule has 3 aliphatic heterocycles. The van der Waals surface area contributed by atoms with E-state index in [1.54, 1.807) is 6.20 Å². The van der Waals surface area contributed by atoms with E-state index in [1.165, 1.54) is 24.6 Å². The molecule has 5 heterocycles. The largest absolute Gasteiger partial charge is 0.377 e. The number of fused-ring (bicyclic) bond motifs is 2. The number of nitrogens with one attached hydrogen (secondary N) is 4. The molecule has 8 nitrogen and oxygen atoms in total. The Bertz CT molecular complexity index is 856. The Hall–Kier alpha value is -2.45. The van der Waals surface area contributed by atoms with Crippen LogP contribution >= 0.6 is 0 Å². The van der Waals surface area contributed by atoms with Gasteiger partial charge in [-0.05, 0) is 50.2 Å². The SMILES string of the molecule is CC1COCCN1c1cc(C2CC3CC[C@@H](C2)N3)c(C=N)c(Nc2ccn[nH]2)n1. The van der Waals surface area contributed by atoms with Crippen molar-refractivity contribution >= 4 is 23.7 Å². The van der Waals surface area contributed by atoms with Crippen LogP contribution < -0.4 is 15.5 Å². The minimum absolute atomic E-state index is 0.277. The fraction of sp³-hybridized carbons (Fsp3) is 0.571. The van der Waals surface area contributed by atoms with E-state index in [4.69, 9.17) is 15.1 Å². The highest BCUT2D eigenvalue weighted by molar-refractivity contribution is 5.89. The summed E-state index contributed by atoms with van der Waals surface area (Å²) in [6, 6.07) is 5.58. The van der Waals surface area contributed by atoms with Gasteiger partial charge in [0.15, 0.2) is 0 Å². The zero-order chi connectivity index (χ0) is 19.8. The van der Waals surface area contributed by atoms with Crippen molar-refractivity contribution in [3.8, 4) is 0 Å². The molecule has 3 aliphatic rings. The maximum Gasteiger partial charge on any atom is 0.143 e. The number of morpholine rings is 1. The Morgan fingerprint density at radius 1 is 1.31 bits per heavy atom. The third kappa shape index (κ3) is 3.62. The first-order valence-electron chi connectivity index (χ1n) is 10.6. The van der Waals surface area contributed by atoms with E-state index in [2.05, 4.69) is 38.7 Å². The van der Waals surface area contributed by atoms with Gasteiger partial charge in [-0.3, -0.25) is 5.10 Å². The lowest BCUT2D eigenvalue weighted by Gasteiger charge is -2.36. The van der Waals surface area contributed by atoms with Crippen molar-refractivity contribution in [3.05, 3.63) is 29.5 Å². The second-order valence-electron chi connectivity index (χ2n) is 8.50. The second-order valence-corrected chi connectivity index (χ2v) is 8.50. The lowest BCUT2D eigenvalue weighted by Crippen LogP contribution is -2.44. The number of ether oxygens (including phenoxy) is 1. The molecule has 29 heavy (non-hydrogen) atoms. The summed E-state index contributed by atoms with van der Waals surface area (Å²) in [5.74, 6) is 2.92. The fourth-order valence-electron chi connectivity index (χ4n) is 5.12. The quantitative estimate of drug-likeness (QED) is 0.581. The van der Waals surface area contributed by atoms with E-state index in [0.29, 0.717) is 31.2 Å².